The van der Waals surface area contributed by atoms with E-state index in [4.69, 9.17) is 10.5 Å². The summed E-state index contributed by atoms with van der Waals surface area (Å²) in [4.78, 5) is 16.4. The van der Waals surface area contributed by atoms with Crippen LogP contribution in [0.3, 0.4) is 0 Å². The normalized spacial score (nSPS) is 20.3. The summed E-state index contributed by atoms with van der Waals surface area (Å²) in [7, 11) is 1.86. The molecule has 5 nitrogen and oxygen atoms in total. The summed E-state index contributed by atoms with van der Waals surface area (Å²) in [5.74, 6) is -1.58. The van der Waals surface area contributed by atoms with Crippen LogP contribution < -0.4 is 5.73 Å². The van der Waals surface area contributed by atoms with E-state index in [0.29, 0.717) is 25.1 Å². The summed E-state index contributed by atoms with van der Waals surface area (Å²) in [6.07, 6.45) is 2.30. The number of carbonyl (C=O) groups is 1. The van der Waals surface area contributed by atoms with Crippen LogP contribution in [0.15, 0.2) is 53.6 Å². The molecule has 35 heavy (non-hydrogen) atoms. The lowest BCUT2D eigenvalue weighted by atomic mass is 9.80. The Kier molecular flexibility index (Phi) is 8.60. The standard InChI is InChI=1S/C26H29F2N3O2.2ClH/c1-30-15-20-16-33-26(21(20)13-24(30)32)8-10-31(11-9-26)14-17-2-4-18(5-3-17)25(29)19-6-7-22(27)23(28)12-19;;/h2-7,12,25H,8-11,13-16,29H2,1H3;2*1H. The van der Waals surface area contributed by atoms with Gasteiger partial charge in [0.1, 0.15) is 0 Å². The van der Waals surface area contributed by atoms with Crippen molar-refractivity contribution in [2.45, 2.75) is 37.5 Å². The van der Waals surface area contributed by atoms with Gasteiger partial charge < -0.3 is 15.4 Å². The highest BCUT2D eigenvalue weighted by molar-refractivity contribution is 5.85. The summed E-state index contributed by atoms with van der Waals surface area (Å²) in [6, 6.07) is 11.3. The molecule has 1 fully saturated rings. The van der Waals surface area contributed by atoms with E-state index in [1.165, 1.54) is 22.8 Å². The van der Waals surface area contributed by atoms with Crippen molar-refractivity contribution in [3.05, 3.63) is 81.9 Å². The first-order valence-electron chi connectivity index (χ1n) is 11.5. The summed E-state index contributed by atoms with van der Waals surface area (Å²) in [5, 5.41) is 0. The maximum Gasteiger partial charge on any atom is 0.226 e. The molecule has 3 aliphatic rings. The Balaban J connectivity index is 0.00000171. The highest BCUT2D eigenvalue weighted by Gasteiger charge is 2.46. The van der Waals surface area contributed by atoms with Crippen LogP contribution in [0.2, 0.25) is 0 Å². The first-order chi connectivity index (χ1) is 15.8. The van der Waals surface area contributed by atoms with Gasteiger partial charge in [-0.2, -0.15) is 0 Å². The molecule has 3 heterocycles. The van der Waals surface area contributed by atoms with Gasteiger partial charge in [0.05, 0.1) is 24.7 Å². The monoisotopic (exact) mass is 525 g/mol. The number of rotatable bonds is 4. The minimum atomic E-state index is -0.888. The quantitative estimate of drug-likeness (QED) is 0.601. The predicted octanol–water partition coefficient (Wildman–Crippen LogP) is 4.38. The topological polar surface area (TPSA) is 58.8 Å². The lowest BCUT2D eigenvalue weighted by Gasteiger charge is -2.41. The lowest BCUT2D eigenvalue weighted by molar-refractivity contribution is -0.129. The average molecular weight is 526 g/mol. The molecular formula is C26H31Cl2F2N3O2. The molecule has 0 bridgehead atoms. The van der Waals surface area contributed by atoms with E-state index in [2.05, 4.69) is 4.90 Å². The number of carbonyl (C=O) groups excluding carboxylic acids is 1. The van der Waals surface area contributed by atoms with E-state index in [0.717, 1.165) is 50.2 Å². The molecule has 0 radical (unpaired) electrons. The van der Waals surface area contributed by atoms with E-state index in [-0.39, 0.29) is 36.3 Å². The van der Waals surface area contributed by atoms with Crippen molar-refractivity contribution in [1.29, 1.82) is 0 Å². The molecule has 1 atom stereocenters. The number of fused-ring (bicyclic) bond motifs is 1. The Labute approximate surface area is 217 Å². The Morgan fingerprint density at radius 2 is 1.69 bits per heavy atom. The number of likely N-dealkylation sites (tertiary alicyclic amines) is 1. The van der Waals surface area contributed by atoms with Gasteiger partial charge in [0.2, 0.25) is 5.91 Å². The molecule has 1 unspecified atom stereocenters. The Morgan fingerprint density at radius 1 is 1.03 bits per heavy atom. The van der Waals surface area contributed by atoms with Gasteiger partial charge in [0, 0.05) is 33.2 Å². The van der Waals surface area contributed by atoms with Crippen molar-refractivity contribution in [3.8, 4) is 0 Å². The fraction of sp³-hybridized carbons (Fsp3) is 0.423. The van der Waals surface area contributed by atoms with Crippen LogP contribution in [0.1, 0.15) is 42.0 Å². The molecule has 9 heteroatoms. The lowest BCUT2D eigenvalue weighted by Crippen LogP contribution is -2.46. The molecule has 1 spiro atoms. The van der Waals surface area contributed by atoms with Gasteiger partial charge in [-0.05, 0) is 52.8 Å². The van der Waals surface area contributed by atoms with Crippen LogP contribution in [0.25, 0.3) is 0 Å². The largest absolute Gasteiger partial charge is 0.366 e. The fourth-order valence-corrected chi connectivity index (χ4v) is 5.31. The molecule has 5 rings (SSSR count). The van der Waals surface area contributed by atoms with Gasteiger partial charge in [-0.25, -0.2) is 8.78 Å². The van der Waals surface area contributed by atoms with E-state index in [9.17, 15) is 13.6 Å². The van der Waals surface area contributed by atoms with Crippen LogP contribution in [-0.4, -0.2) is 54.6 Å². The number of nitrogens with zero attached hydrogens (tertiary/aromatic N) is 2. The van der Waals surface area contributed by atoms with Crippen molar-refractivity contribution in [2.24, 2.45) is 5.73 Å². The van der Waals surface area contributed by atoms with Crippen LogP contribution >= 0.6 is 24.8 Å². The van der Waals surface area contributed by atoms with Crippen LogP contribution in [0.5, 0.6) is 0 Å². The number of hydrogen-bond donors (Lipinski definition) is 1. The van der Waals surface area contributed by atoms with Crippen LogP contribution in [0, 0.1) is 11.6 Å². The first-order valence-corrected chi connectivity index (χ1v) is 11.5. The first kappa shape index (κ1) is 27.6. The maximum absolute atomic E-state index is 13.6. The maximum atomic E-state index is 13.6. The van der Waals surface area contributed by atoms with Gasteiger partial charge in [-0.15, -0.1) is 24.8 Å². The Morgan fingerprint density at radius 3 is 2.34 bits per heavy atom. The molecule has 190 valence electrons. The van der Waals surface area contributed by atoms with E-state index >= 15 is 0 Å². The highest BCUT2D eigenvalue weighted by atomic mass is 35.5. The van der Waals surface area contributed by atoms with Crippen molar-refractivity contribution in [3.63, 3.8) is 0 Å². The van der Waals surface area contributed by atoms with Gasteiger partial charge in [0.25, 0.3) is 0 Å². The average Bonchev–Trinajstić information content (AvgIpc) is 3.14. The third kappa shape index (κ3) is 5.39. The third-order valence-corrected chi connectivity index (χ3v) is 7.39. The van der Waals surface area contributed by atoms with Crippen molar-refractivity contribution in [1.82, 2.24) is 9.80 Å². The molecule has 2 aromatic carbocycles. The summed E-state index contributed by atoms with van der Waals surface area (Å²) in [5.41, 5.74) is 11.1. The number of nitrogens with two attached hydrogens (primary N) is 1. The van der Waals surface area contributed by atoms with E-state index in [1.54, 1.807) is 4.90 Å². The van der Waals surface area contributed by atoms with Gasteiger partial charge >= 0.3 is 0 Å². The molecule has 3 aliphatic heterocycles. The molecule has 1 amide bonds. The zero-order valence-electron chi connectivity index (χ0n) is 19.6. The third-order valence-electron chi connectivity index (χ3n) is 7.39. The Bertz CT molecular complexity index is 1100. The zero-order chi connectivity index (χ0) is 23.2. The number of likely N-dealkylation sites (N-methyl/N-ethyl adjacent to an activating group) is 1. The minimum Gasteiger partial charge on any atom is -0.366 e. The zero-order valence-corrected chi connectivity index (χ0v) is 21.3. The molecular weight excluding hydrogens is 495 g/mol. The second-order valence-corrected chi connectivity index (χ2v) is 9.46. The minimum absolute atomic E-state index is 0. The summed E-state index contributed by atoms with van der Waals surface area (Å²) < 4.78 is 33.0. The fourth-order valence-electron chi connectivity index (χ4n) is 5.31. The van der Waals surface area contributed by atoms with Gasteiger partial charge in [-0.3, -0.25) is 9.69 Å². The number of hydrogen-bond acceptors (Lipinski definition) is 4. The summed E-state index contributed by atoms with van der Waals surface area (Å²) >= 11 is 0. The highest BCUT2D eigenvalue weighted by Crippen LogP contribution is 2.44. The molecule has 0 saturated carbocycles. The van der Waals surface area contributed by atoms with Gasteiger partial charge in [0.15, 0.2) is 11.6 Å². The second-order valence-electron chi connectivity index (χ2n) is 9.46. The molecule has 2 aromatic rings. The molecule has 0 aromatic heterocycles. The van der Waals surface area contributed by atoms with E-state index < -0.39 is 17.7 Å². The van der Waals surface area contributed by atoms with Gasteiger partial charge in [-0.1, -0.05) is 30.3 Å². The number of amides is 1. The van der Waals surface area contributed by atoms with Crippen LogP contribution in [0.4, 0.5) is 8.78 Å². The molecule has 2 N–H and O–H groups in total. The molecule has 1 saturated heterocycles. The predicted molar refractivity (Wildman–Crippen MR) is 136 cm³/mol. The van der Waals surface area contributed by atoms with Crippen molar-refractivity contribution in [2.75, 3.05) is 33.3 Å². The number of ether oxygens (including phenoxy) is 1. The van der Waals surface area contributed by atoms with Crippen molar-refractivity contribution < 1.29 is 18.3 Å². The smallest absolute Gasteiger partial charge is 0.226 e. The summed E-state index contributed by atoms with van der Waals surface area (Å²) in [6.45, 7) is 3.99. The number of piperidine rings is 1. The second kappa shape index (κ2) is 10.9. The van der Waals surface area contributed by atoms with Crippen molar-refractivity contribution >= 4 is 30.7 Å². The Hall–Kier alpha value is -2.03. The number of benzene rings is 2. The SMILES string of the molecule is CN1CC2=C(CC1=O)C1(CCN(Cc3ccc(C(N)c4ccc(F)c(F)c4)cc3)CC1)OC2.Cl.Cl. The number of halogens is 4. The van der Waals surface area contributed by atoms with Crippen LogP contribution in [-0.2, 0) is 16.1 Å². The van der Waals surface area contributed by atoms with E-state index in [1.807, 2.05) is 31.3 Å². The molecule has 0 aliphatic carbocycles.